The average molecular weight is 405 g/mol. The molecule has 2 atom stereocenters. The number of hydrogen-bond donors (Lipinski definition) is 1. The molecule has 0 saturated carbocycles. The van der Waals surface area contributed by atoms with Crippen LogP contribution in [0.5, 0.6) is 0 Å². The number of hydrogen-bond acceptors (Lipinski definition) is 3. The van der Waals surface area contributed by atoms with Crippen molar-refractivity contribution in [3.8, 4) is 0 Å². The number of nitrogens with zero attached hydrogens (tertiary/aromatic N) is 2. The molecule has 0 aromatic heterocycles. The van der Waals surface area contributed by atoms with Crippen molar-refractivity contribution < 1.29 is 14.4 Å². The molecule has 1 fully saturated rings. The topological polar surface area (TPSA) is 69.7 Å². The molecule has 1 N–H and O–H groups in total. The van der Waals surface area contributed by atoms with Crippen molar-refractivity contribution in [3.63, 3.8) is 0 Å². The smallest absolute Gasteiger partial charge is 0.325 e. The summed E-state index contributed by atoms with van der Waals surface area (Å²) >= 11 is 0. The molecule has 0 bridgehead atoms. The molecule has 2 unspecified atom stereocenters. The first-order valence-electron chi connectivity index (χ1n) is 10.4. The van der Waals surface area contributed by atoms with Gasteiger partial charge in [0.15, 0.2) is 0 Å². The summed E-state index contributed by atoms with van der Waals surface area (Å²) < 4.78 is 0. The zero-order valence-electron chi connectivity index (χ0n) is 17.6. The van der Waals surface area contributed by atoms with Crippen molar-refractivity contribution in [3.05, 3.63) is 70.8 Å². The van der Waals surface area contributed by atoms with Crippen LogP contribution < -0.4 is 5.32 Å². The van der Waals surface area contributed by atoms with Gasteiger partial charge in [0, 0.05) is 7.05 Å². The Hall–Kier alpha value is -3.15. The number of imide groups is 1. The van der Waals surface area contributed by atoms with E-state index in [1.165, 1.54) is 11.1 Å². The van der Waals surface area contributed by atoms with Gasteiger partial charge in [-0.15, -0.1) is 0 Å². The molecular weight excluding hydrogens is 378 g/mol. The van der Waals surface area contributed by atoms with Crippen molar-refractivity contribution in [2.75, 3.05) is 13.6 Å². The number of carbonyl (C=O) groups is 3. The molecule has 156 valence electrons. The lowest BCUT2D eigenvalue weighted by molar-refractivity contribution is -0.139. The first-order valence-corrected chi connectivity index (χ1v) is 10.4. The second kappa shape index (κ2) is 7.59. The third kappa shape index (κ3) is 3.36. The standard InChI is InChI=1S/C24H27N3O3/c1-16(17-8-5-4-6-9-17)26(3)21(28)15-27-22(29)24(2,25-23(27)30)20-13-12-18-10-7-11-19(18)14-20/h4-6,8-9,12-14,16H,7,10-11,15H2,1-3H3,(H,25,30). The Morgan fingerprint density at radius 3 is 2.57 bits per heavy atom. The summed E-state index contributed by atoms with van der Waals surface area (Å²) in [6.45, 7) is 3.36. The second-order valence-corrected chi connectivity index (χ2v) is 8.37. The molecule has 1 saturated heterocycles. The third-order valence-electron chi connectivity index (χ3n) is 6.50. The summed E-state index contributed by atoms with van der Waals surface area (Å²) in [6.07, 6.45) is 3.16. The highest BCUT2D eigenvalue weighted by Crippen LogP contribution is 2.32. The van der Waals surface area contributed by atoms with E-state index in [9.17, 15) is 14.4 Å². The van der Waals surface area contributed by atoms with E-state index in [0.29, 0.717) is 0 Å². The molecule has 6 heteroatoms. The molecular formula is C24H27N3O3. The Morgan fingerprint density at radius 1 is 1.13 bits per heavy atom. The molecule has 6 nitrogen and oxygen atoms in total. The largest absolute Gasteiger partial charge is 0.337 e. The molecule has 1 aliphatic carbocycles. The van der Waals surface area contributed by atoms with Gasteiger partial charge in [-0.05, 0) is 55.4 Å². The van der Waals surface area contributed by atoms with Crippen molar-refractivity contribution in [1.29, 1.82) is 0 Å². The van der Waals surface area contributed by atoms with Crippen LogP contribution in [0.1, 0.15) is 48.6 Å². The van der Waals surface area contributed by atoms with Crippen molar-refractivity contribution in [2.24, 2.45) is 0 Å². The van der Waals surface area contributed by atoms with E-state index < -0.39 is 11.6 Å². The average Bonchev–Trinajstić information content (AvgIpc) is 3.31. The molecule has 0 spiro atoms. The first-order chi connectivity index (χ1) is 14.3. The zero-order chi connectivity index (χ0) is 21.5. The second-order valence-electron chi connectivity index (χ2n) is 8.37. The number of benzene rings is 2. The fraction of sp³-hybridized carbons (Fsp3) is 0.375. The normalized spacial score (nSPS) is 21.4. The van der Waals surface area contributed by atoms with Gasteiger partial charge in [-0.2, -0.15) is 0 Å². The summed E-state index contributed by atoms with van der Waals surface area (Å²) in [5, 5.41) is 2.81. The van der Waals surface area contributed by atoms with Gasteiger partial charge in [0.05, 0.1) is 6.04 Å². The number of fused-ring (bicyclic) bond motifs is 1. The Kier molecular flexibility index (Phi) is 5.10. The minimum absolute atomic E-state index is 0.164. The van der Waals surface area contributed by atoms with Crippen LogP contribution in [0.15, 0.2) is 48.5 Å². The molecule has 30 heavy (non-hydrogen) atoms. The maximum atomic E-state index is 13.2. The number of carbonyl (C=O) groups excluding carboxylic acids is 3. The van der Waals surface area contributed by atoms with E-state index in [0.717, 1.165) is 35.3 Å². The first kappa shape index (κ1) is 20.1. The molecule has 2 aliphatic rings. The van der Waals surface area contributed by atoms with Gasteiger partial charge in [-0.3, -0.25) is 14.5 Å². The van der Waals surface area contributed by atoms with Crippen LogP contribution in [-0.2, 0) is 28.0 Å². The van der Waals surface area contributed by atoms with E-state index >= 15 is 0 Å². The van der Waals surface area contributed by atoms with Gasteiger partial charge in [0.1, 0.15) is 12.1 Å². The molecule has 1 aliphatic heterocycles. The highest BCUT2D eigenvalue weighted by atomic mass is 16.2. The van der Waals surface area contributed by atoms with Crippen LogP contribution >= 0.6 is 0 Å². The van der Waals surface area contributed by atoms with Crippen molar-refractivity contribution >= 4 is 17.8 Å². The highest BCUT2D eigenvalue weighted by Gasteiger charge is 2.50. The summed E-state index contributed by atoms with van der Waals surface area (Å²) in [5.41, 5.74) is 3.15. The van der Waals surface area contributed by atoms with E-state index in [1.807, 2.05) is 55.5 Å². The minimum atomic E-state index is -1.15. The summed E-state index contributed by atoms with van der Waals surface area (Å²) in [7, 11) is 1.69. The van der Waals surface area contributed by atoms with Gasteiger partial charge < -0.3 is 10.2 Å². The lowest BCUT2D eigenvalue weighted by Crippen LogP contribution is -2.44. The molecule has 1 heterocycles. The van der Waals surface area contributed by atoms with E-state index in [2.05, 4.69) is 5.32 Å². The monoisotopic (exact) mass is 405 g/mol. The molecule has 4 rings (SSSR count). The van der Waals surface area contributed by atoms with Gasteiger partial charge in [0.25, 0.3) is 5.91 Å². The van der Waals surface area contributed by atoms with E-state index in [1.54, 1.807) is 18.9 Å². The molecule has 2 aromatic carbocycles. The fourth-order valence-electron chi connectivity index (χ4n) is 4.34. The van der Waals surface area contributed by atoms with E-state index in [-0.39, 0.29) is 24.4 Å². The lowest BCUT2D eigenvalue weighted by Gasteiger charge is -2.27. The summed E-state index contributed by atoms with van der Waals surface area (Å²) in [5.74, 6) is -0.674. The number of likely N-dealkylation sites (N-methyl/N-ethyl adjacent to an activating group) is 1. The maximum absolute atomic E-state index is 13.2. The maximum Gasteiger partial charge on any atom is 0.325 e. The quantitative estimate of drug-likeness (QED) is 0.777. The Morgan fingerprint density at radius 2 is 1.83 bits per heavy atom. The van der Waals surface area contributed by atoms with Gasteiger partial charge >= 0.3 is 6.03 Å². The molecule has 4 amide bonds. The Labute approximate surface area is 176 Å². The van der Waals surface area contributed by atoms with E-state index in [4.69, 9.17) is 0 Å². The predicted molar refractivity (Wildman–Crippen MR) is 114 cm³/mol. The lowest BCUT2D eigenvalue weighted by atomic mass is 9.89. The van der Waals surface area contributed by atoms with Crippen molar-refractivity contribution in [1.82, 2.24) is 15.1 Å². The number of aryl methyl sites for hydroxylation is 2. The predicted octanol–water partition coefficient (Wildman–Crippen LogP) is 3.16. The highest BCUT2D eigenvalue weighted by molar-refractivity contribution is 6.09. The Balaban J connectivity index is 1.51. The number of nitrogens with one attached hydrogen (secondary N) is 1. The molecule has 2 aromatic rings. The summed E-state index contributed by atoms with van der Waals surface area (Å²) in [6, 6.07) is 15.0. The molecule has 0 radical (unpaired) electrons. The minimum Gasteiger partial charge on any atom is -0.337 e. The van der Waals surface area contributed by atoms with Crippen molar-refractivity contribution in [2.45, 2.75) is 44.7 Å². The summed E-state index contributed by atoms with van der Waals surface area (Å²) in [4.78, 5) is 41.3. The zero-order valence-corrected chi connectivity index (χ0v) is 17.6. The third-order valence-corrected chi connectivity index (χ3v) is 6.50. The van der Waals surface area contributed by atoms with Crippen LogP contribution in [0.25, 0.3) is 0 Å². The van der Waals surface area contributed by atoms with Gasteiger partial charge in [-0.25, -0.2) is 4.79 Å². The van der Waals surface area contributed by atoms with Gasteiger partial charge in [-0.1, -0.05) is 48.5 Å². The Bertz CT molecular complexity index is 1000. The SMILES string of the molecule is CC(c1ccccc1)N(C)C(=O)CN1C(=O)NC(C)(c2ccc3c(c2)CCC3)C1=O. The number of rotatable bonds is 5. The van der Waals surface area contributed by atoms with Crippen LogP contribution in [0.2, 0.25) is 0 Å². The van der Waals surface area contributed by atoms with Gasteiger partial charge in [0.2, 0.25) is 5.91 Å². The van der Waals surface area contributed by atoms with Crippen LogP contribution in [-0.4, -0.2) is 41.2 Å². The fourth-order valence-corrected chi connectivity index (χ4v) is 4.34. The van der Waals surface area contributed by atoms with Crippen LogP contribution in [0, 0.1) is 0 Å². The van der Waals surface area contributed by atoms with Crippen LogP contribution in [0.3, 0.4) is 0 Å². The number of amides is 4. The van der Waals surface area contributed by atoms with Crippen LogP contribution in [0.4, 0.5) is 4.79 Å². The number of urea groups is 1.